The zero-order chi connectivity index (χ0) is 11.4. The Kier molecular flexibility index (Phi) is 4.18. The lowest BCUT2D eigenvalue weighted by molar-refractivity contribution is 0.0695. The Morgan fingerprint density at radius 3 is 2.87 bits per heavy atom. The molecule has 0 bridgehead atoms. The summed E-state index contributed by atoms with van der Waals surface area (Å²) in [5.74, 6) is -0.978. The standard InChI is InChI=1S/C10H8BrNO2S/c1-6(5-12)15-7-2-3-9(11)8(4-7)10(13)14/h2-4,6H,1H3,(H,13,14). The molecule has 0 amide bonds. The van der Waals surface area contributed by atoms with Crippen molar-refractivity contribution in [2.45, 2.75) is 17.1 Å². The van der Waals surface area contributed by atoms with Crippen LogP contribution in [0, 0.1) is 11.3 Å². The predicted octanol–water partition coefficient (Wildman–Crippen LogP) is 3.15. The molecule has 0 aliphatic heterocycles. The van der Waals surface area contributed by atoms with Crippen molar-refractivity contribution in [1.82, 2.24) is 0 Å². The van der Waals surface area contributed by atoms with Gasteiger partial charge in [0, 0.05) is 9.37 Å². The highest BCUT2D eigenvalue weighted by Gasteiger charge is 2.10. The van der Waals surface area contributed by atoms with Crippen molar-refractivity contribution in [2.75, 3.05) is 0 Å². The molecule has 1 rings (SSSR count). The van der Waals surface area contributed by atoms with Crippen LogP contribution in [-0.4, -0.2) is 16.3 Å². The largest absolute Gasteiger partial charge is 0.478 e. The van der Waals surface area contributed by atoms with Crippen molar-refractivity contribution < 1.29 is 9.90 Å². The van der Waals surface area contributed by atoms with Crippen molar-refractivity contribution in [3.05, 3.63) is 28.2 Å². The number of thioether (sulfide) groups is 1. The number of hydrogen-bond acceptors (Lipinski definition) is 3. The highest BCUT2D eigenvalue weighted by molar-refractivity contribution is 9.10. The quantitative estimate of drug-likeness (QED) is 0.867. The first-order valence-corrected chi connectivity index (χ1v) is 5.81. The highest BCUT2D eigenvalue weighted by atomic mass is 79.9. The highest BCUT2D eigenvalue weighted by Crippen LogP contribution is 2.27. The van der Waals surface area contributed by atoms with Gasteiger partial charge in [-0.3, -0.25) is 0 Å². The third-order valence-corrected chi connectivity index (χ3v) is 3.34. The van der Waals surface area contributed by atoms with Crippen molar-refractivity contribution in [2.24, 2.45) is 0 Å². The van der Waals surface area contributed by atoms with Crippen LogP contribution in [-0.2, 0) is 0 Å². The first-order valence-electron chi connectivity index (χ1n) is 4.13. The van der Waals surface area contributed by atoms with E-state index < -0.39 is 5.97 Å². The molecule has 0 aliphatic rings. The van der Waals surface area contributed by atoms with Gasteiger partial charge in [0.2, 0.25) is 0 Å². The Bertz CT molecular complexity index is 428. The number of benzene rings is 1. The van der Waals surface area contributed by atoms with E-state index in [-0.39, 0.29) is 10.8 Å². The third kappa shape index (κ3) is 3.26. The summed E-state index contributed by atoms with van der Waals surface area (Å²) in [5.41, 5.74) is 0.213. The maximum atomic E-state index is 10.8. The first-order chi connectivity index (χ1) is 7.04. The van der Waals surface area contributed by atoms with E-state index in [9.17, 15) is 4.79 Å². The fraction of sp³-hybridized carbons (Fsp3) is 0.200. The maximum absolute atomic E-state index is 10.8. The van der Waals surface area contributed by atoms with Crippen LogP contribution < -0.4 is 0 Å². The lowest BCUT2D eigenvalue weighted by Gasteiger charge is -2.05. The van der Waals surface area contributed by atoms with Crippen LogP contribution in [0.1, 0.15) is 17.3 Å². The summed E-state index contributed by atoms with van der Waals surface area (Å²) in [4.78, 5) is 11.6. The van der Waals surface area contributed by atoms with Gasteiger partial charge in [-0.2, -0.15) is 5.26 Å². The Balaban J connectivity index is 2.99. The van der Waals surface area contributed by atoms with Gasteiger partial charge in [0.1, 0.15) is 0 Å². The number of nitrogens with zero attached hydrogens (tertiary/aromatic N) is 1. The van der Waals surface area contributed by atoms with E-state index in [0.29, 0.717) is 4.47 Å². The predicted molar refractivity (Wildman–Crippen MR) is 62.0 cm³/mol. The summed E-state index contributed by atoms with van der Waals surface area (Å²) in [6.07, 6.45) is 0. The first kappa shape index (κ1) is 12.1. The Labute approximate surface area is 100 Å². The Hall–Kier alpha value is -0.990. The van der Waals surface area contributed by atoms with Crippen LogP contribution in [0.5, 0.6) is 0 Å². The summed E-state index contributed by atoms with van der Waals surface area (Å²) < 4.78 is 0.545. The lowest BCUT2D eigenvalue weighted by Crippen LogP contribution is -1.98. The van der Waals surface area contributed by atoms with Crippen LogP contribution in [0.2, 0.25) is 0 Å². The van der Waals surface area contributed by atoms with Gasteiger partial charge in [0.15, 0.2) is 0 Å². The molecule has 0 spiro atoms. The number of hydrogen-bond donors (Lipinski definition) is 1. The number of aromatic carboxylic acids is 1. The molecule has 5 heteroatoms. The molecule has 0 heterocycles. The second-order valence-electron chi connectivity index (χ2n) is 2.84. The summed E-state index contributed by atoms with van der Waals surface area (Å²) >= 11 is 4.50. The van der Waals surface area contributed by atoms with Gasteiger partial charge in [-0.15, -0.1) is 11.8 Å². The molecule has 1 atom stereocenters. The molecule has 0 radical (unpaired) electrons. The molecule has 1 N–H and O–H groups in total. The second-order valence-corrected chi connectivity index (χ2v) is 5.10. The number of rotatable bonds is 3. The lowest BCUT2D eigenvalue weighted by atomic mass is 10.2. The van der Waals surface area contributed by atoms with E-state index in [1.807, 2.05) is 0 Å². The van der Waals surface area contributed by atoms with Gasteiger partial charge < -0.3 is 5.11 Å². The van der Waals surface area contributed by atoms with Gasteiger partial charge in [0.25, 0.3) is 0 Å². The molecule has 0 saturated carbocycles. The number of carboxylic acid groups (broad SMARTS) is 1. The molecule has 0 saturated heterocycles. The normalized spacial score (nSPS) is 11.8. The topological polar surface area (TPSA) is 61.1 Å². The molecule has 15 heavy (non-hydrogen) atoms. The fourth-order valence-electron chi connectivity index (χ4n) is 0.972. The van der Waals surface area contributed by atoms with Gasteiger partial charge >= 0.3 is 5.97 Å². The molecule has 0 aromatic heterocycles. The van der Waals surface area contributed by atoms with Crippen molar-refractivity contribution in [3.8, 4) is 6.07 Å². The second kappa shape index (κ2) is 5.19. The van der Waals surface area contributed by atoms with Gasteiger partial charge in [0.05, 0.1) is 16.9 Å². The number of carbonyl (C=O) groups is 1. The summed E-state index contributed by atoms with van der Waals surface area (Å²) in [5, 5.41) is 17.3. The molecule has 78 valence electrons. The minimum Gasteiger partial charge on any atom is -0.478 e. The summed E-state index contributed by atoms with van der Waals surface area (Å²) in [7, 11) is 0. The average Bonchev–Trinajstić information content (AvgIpc) is 2.20. The smallest absolute Gasteiger partial charge is 0.336 e. The number of nitriles is 1. The van der Waals surface area contributed by atoms with E-state index in [1.165, 1.54) is 11.8 Å². The van der Waals surface area contributed by atoms with Crippen LogP contribution >= 0.6 is 27.7 Å². The van der Waals surface area contributed by atoms with Crippen molar-refractivity contribution in [1.29, 1.82) is 5.26 Å². The van der Waals surface area contributed by atoms with E-state index in [2.05, 4.69) is 22.0 Å². The number of carboxylic acids is 1. The van der Waals surface area contributed by atoms with Gasteiger partial charge in [-0.25, -0.2) is 4.79 Å². The molecule has 1 aromatic rings. The van der Waals surface area contributed by atoms with Crippen LogP contribution in [0.25, 0.3) is 0 Å². The Morgan fingerprint density at radius 1 is 1.67 bits per heavy atom. The maximum Gasteiger partial charge on any atom is 0.336 e. The van der Waals surface area contributed by atoms with Crippen molar-refractivity contribution in [3.63, 3.8) is 0 Å². The van der Waals surface area contributed by atoms with Crippen LogP contribution in [0.3, 0.4) is 0 Å². The molecule has 1 aromatic carbocycles. The SMILES string of the molecule is CC(C#N)Sc1ccc(Br)c(C(=O)O)c1. The Morgan fingerprint density at radius 2 is 2.33 bits per heavy atom. The molecular weight excluding hydrogens is 278 g/mol. The van der Waals surface area contributed by atoms with Crippen LogP contribution in [0.15, 0.2) is 27.6 Å². The van der Waals surface area contributed by atoms with E-state index >= 15 is 0 Å². The van der Waals surface area contributed by atoms with Crippen LogP contribution in [0.4, 0.5) is 0 Å². The van der Waals surface area contributed by atoms with Crippen molar-refractivity contribution >= 4 is 33.7 Å². The fourth-order valence-corrected chi connectivity index (χ4v) is 2.18. The summed E-state index contributed by atoms with van der Waals surface area (Å²) in [6, 6.07) is 7.10. The summed E-state index contributed by atoms with van der Waals surface area (Å²) in [6.45, 7) is 1.77. The minimum atomic E-state index is -0.978. The van der Waals surface area contributed by atoms with E-state index in [0.717, 1.165) is 4.90 Å². The average molecular weight is 286 g/mol. The third-order valence-electron chi connectivity index (χ3n) is 1.66. The zero-order valence-corrected chi connectivity index (χ0v) is 10.3. The molecule has 3 nitrogen and oxygen atoms in total. The molecule has 0 fully saturated rings. The van der Waals surface area contributed by atoms with Gasteiger partial charge in [-0.1, -0.05) is 0 Å². The van der Waals surface area contributed by atoms with E-state index in [1.54, 1.807) is 25.1 Å². The monoisotopic (exact) mass is 285 g/mol. The van der Waals surface area contributed by atoms with Gasteiger partial charge in [-0.05, 0) is 41.1 Å². The molecular formula is C10H8BrNO2S. The number of halogens is 1. The molecule has 0 aliphatic carbocycles. The minimum absolute atomic E-state index is 0.187. The van der Waals surface area contributed by atoms with E-state index in [4.69, 9.17) is 10.4 Å². The molecule has 1 unspecified atom stereocenters. The zero-order valence-electron chi connectivity index (χ0n) is 7.90.